The zero-order valence-electron chi connectivity index (χ0n) is 6.74. The number of rotatable bonds is 4. The predicted molar refractivity (Wildman–Crippen MR) is 48.5 cm³/mol. The van der Waals surface area contributed by atoms with E-state index in [1.54, 1.807) is 16.8 Å². The summed E-state index contributed by atoms with van der Waals surface area (Å²) in [5.74, 6) is 0.648. The molecule has 0 unspecified atom stereocenters. The average molecular weight is 187 g/mol. The Morgan fingerprint density at radius 3 is 3.00 bits per heavy atom. The molecule has 0 bridgehead atoms. The lowest BCUT2D eigenvalue weighted by molar-refractivity contribution is 0.601. The second-order valence-corrected chi connectivity index (χ2v) is 2.87. The second kappa shape index (κ2) is 4.93. The molecular formula is C8H11ClN2O. The van der Waals surface area contributed by atoms with E-state index >= 15 is 0 Å². The lowest BCUT2D eigenvalue weighted by Gasteiger charge is -2.01. The van der Waals surface area contributed by atoms with Gasteiger partial charge in [-0.05, 0) is 18.9 Å². The molecule has 3 nitrogen and oxygen atoms in total. The van der Waals surface area contributed by atoms with Crippen LogP contribution in [-0.2, 0) is 6.54 Å². The number of aromatic nitrogens is 2. The van der Waals surface area contributed by atoms with Gasteiger partial charge in [0.25, 0.3) is 0 Å². The Labute approximate surface area is 76.0 Å². The molecule has 66 valence electrons. The molecule has 0 aliphatic carbocycles. The first kappa shape index (κ1) is 9.26. The Bertz CT molecular complexity index is 284. The lowest BCUT2D eigenvalue weighted by Crippen LogP contribution is -2.21. The smallest absolute Gasteiger partial charge is 0.299 e. The summed E-state index contributed by atoms with van der Waals surface area (Å²) in [6, 6.07) is 1.75. The molecule has 0 saturated heterocycles. The van der Waals surface area contributed by atoms with Crippen molar-refractivity contribution in [1.29, 1.82) is 0 Å². The number of aryl methyl sites for hydroxylation is 1. The molecule has 0 radical (unpaired) electrons. The van der Waals surface area contributed by atoms with Gasteiger partial charge in [0, 0.05) is 24.8 Å². The molecule has 1 aromatic heterocycles. The predicted octanol–water partition coefficient (Wildman–Crippen LogP) is 1.26. The number of unbranched alkanes of at least 4 members (excludes halogenated alkanes) is 1. The van der Waals surface area contributed by atoms with E-state index in [1.807, 2.05) is 0 Å². The molecule has 0 aliphatic rings. The fourth-order valence-electron chi connectivity index (χ4n) is 0.934. The number of halogens is 1. The van der Waals surface area contributed by atoms with E-state index in [1.165, 1.54) is 6.20 Å². The number of alkyl halides is 1. The molecule has 0 amide bonds. The van der Waals surface area contributed by atoms with Crippen LogP contribution in [0.2, 0.25) is 0 Å². The monoisotopic (exact) mass is 186 g/mol. The molecule has 4 heteroatoms. The van der Waals surface area contributed by atoms with Crippen molar-refractivity contribution in [3.05, 3.63) is 28.9 Å². The third-order valence-electron chi connectivity index (χ3n) is 1.57. The van der Waals surface area contributed by atoms with Crippen molar-refractivity contribution < 1.29 is 0 Å². The Hall–Kier alpha value is -0.830. The number of hydrogen-bond acceptors (Lipinski definition) is 2. The second-order valence-electron chi connectivity index (χ2n) is 2.49. The van der Waals surface area contributed by atoms with Crippen molar-refractivity contribution >= 4 is 11.6 Å². The van der Waals surface area contributed by atoms with Crippen LogP contribution in [-0.4, -0.2) is 15.4 Å². The number of nitrogens with zero attached hydrogens (tertiary/aromatic N) is 2. The Kier molecular flexibility index (Phi) is 3.80. The van der Waals surface area contributed by atoms with Gasteiger partial charge in [-0.1, -0.05) is 0 Å². The van der Waals surface area contributed by atoms with Crippen LogP contribution in [0, 0.1) is 0 Å². The molecule has 0 saturated carbocycles. The maximum Gasteiger partial charge on any atom is 0.347 e. The van der Waals surface area contributed by atoms with E-state index < -0.39 is 0 Å². The summed E-state index contributed by atoms with van der Waals surface area (Å²) in [5, 5.41) is 0. The van der Waals surface area contributed by atoms with Gasteiger partial charge in [0.05, 0.1) is 0 Å². The van der Waals surface area contributed by atoms with Crippen molar-refractivity contribution in [2.24, 2.45) is 0 Å². The zero-order valence-corrected chi connectivity index (χ0v) is 7.50. The van der Waals surface area contributed by atoms with Crippen molar-refractivity contribution in [3.8, 4) is 0 Å². The van der Waals surface area contributed by atoms with Gasteiger partial charge < -0.3 is 0 Å². The van der Waals surface area contributed by atoms with Crippen molar-refractivity contribution in [3.63, 3.8) is 0 Å². The molecule has 0 aliphatic heterocycles. The standard InChI is InChI=1S/C8H11ClN2O/c9-4-1-2-6-11-7-3-5-10-8(11)12/h3,5,7H,1-2,4,6H2. The van der Waals surface area contributed by atoms with Crippen LogP contribution in [0.4, 0.5) is 0 Å². The van der Waals surface area contributed by atoms with E-state index in [0.29, 0.717) is 12.4 Å². The van der Waals surface area contributed by atoms with E-state index in [9.17, 15) is 4.79 Å². The maximum absolute atomic E-state index is 11.0. The van der Waals surface area contributed by atoms with Gasteiger partial charge in [0.2, 0.25) is 0 Å². The SMILES string of the molecule is O=c1ncccn1CCCCCl. The van der Waals surface area contributed by atoms with Gasteiger partial charge in [-0.2, -0.15) is 0 Å². The highest BCUT2D eigenvalue weighted by Gasteiger charge is 1.93. The topological polar surface area (TPSA) is 34.9 Å². The van der Waals surface area contributed by atoms with E-state index in [-0.39, 0.29) is 5.69 Å². The summed E-state index contributed by atoms with van der Waals surface area (Å²) in [6.45, 7) is 0.708. The minimum Gasteiger partial charge on any atom is -0.299 e. The first-order valence-electron chi connectivity index (χ1n) is 3.92. The number of hydrogen-bond donors (Lipinski definition) is 0. The van der Waals surface area contributed by atoms with E-state index in [2.05, 4.69) is 4.98 Å². The summed E-state index contributed by atoms with van der Waals surface area (Å²) >= 11 is 5.50. The minimum atomic E-state index is -0.188. The van der Waals surface area contributed by atoms with Gasteiger partial charge in [-0.3, -0.25) is 4.57 Å². The molecule has 0 spiro atoms. The Balaban J connectivity index is 2.52. The molecule has 12 heavy (non-hydrogen) atoms. The van der Waals surface area contributed by atoms with Gasteiger partial charge in [-0.15, -0.1) is 11.6 Å². The first-order chi connectivity index (χ1) is 5.84. The summed E-state index contributed by atoms with van der Waals surface area (Å²) in [7, 11) is 0. The highest BCUT2D eigenvalue weighted by molar-refractivity contribution is 6.17. The van der Waals surface area contributed by atoms with Crippen molar-refractivity contribution in [2.75, 3.05) is 5.88 Å². The molecule has 0 atom stereocenters. The van der Waals surface area contributed by atoms with Crippen LogP contribution >= 0.6 is 11.6 Å². The van der Waals surface area contributed by atoms with Crippen LogP contribution in [0.3, 0.4) is 0 Å². The third kappa shape index (κ3) is 2.66. The molecule has 0 N–H and O–H groups in total. The highest BCUT2D eigenvalue weighted by Crippen LogP contribution is 1.93. The van der Waals surface area contributed by atoms with E-state index in [0.717, 1.165) is 12.8 Å². The normalized spacial score (nSPS) is 10.1. The first-order valence-corrected chi connectivity index (χ1v) is 4.45. The van der Waals surface area contributed by atoms with Gasteiger partial charge in [0.1, 0.15) is 0 Å². The van der Waals surface area contributed by atoms with Gasteiger partial charge >= 0.3 is 5.69 Å². The molecular weight excluding hydrogens is 176 g/mol. The third-order valence-corrected chi connectivity index (χ3v) is 1.83. The van der Waals surface area contributed by atoms with Crippen LogP contribution in [0.1, 0.15) is 12.8 Å². The van der Waals surface area contributed by atoms with E-state index in [4.69, 9.17) is 11.6 Å². The van der Waals surface area contributed by atoms with Crippen LogP contribution in [0.5, 0.6) is 0 Å². The Morgan fingerprint density at radius 1 is 1.50 bits per heavy atom. The van der Waals surface area contributed by atoms with Crippen LogP contribution < -0.4 is 5.69 Å². The maximum atomic E-state index is 11.0. The summed E-state index contributed by atoms with van der Waals surface area (Å²) in [6.07, 6.45) is 5.10. The molecule has 1 heterocycles. The molecule has 1 rings (SSSR count). The lowest BCUT2D eigenvalue weighted by atomic mass is 10.3. The average Bonchev–Trinajstić information content (AvgIpc) is 2.09. The van der Waals surface area contributed by atoms with Crippen molar-refractivity contribution in [1.82, 2.24) is 9.55 Å². The molecule has 1 aromatic rings. The summed E-state index contributed by atoms with van der Waals surface area (Å²) in [5.41, 5.74) is -0.188. The zero-order chi connectivity index (χ0) is 8.81. The van der Waals surface area contributed by atoms with Gasteiger partial charge in [0.15, 0.2) is 0 Å². The summed E-state index contributed by atoms with van der Waals surface area (Å²) < 4.78 is 1.59. The molecule has 0 aromatic carbocycles. The fraction of sp³-hybridized carbons (Fsp3) is 0.500. The van der Waals surface area contributed by atoms with Crippen molar-refractivity contribution in [2.45, 2.75) is 19.4 Å². The van der Waals surface area contributed by atoms with Gasteiger partial charge in [-0.25, -0.2) is 9.78 Å². The quantitative estimate of drug-likeness (QED) is 0.524. The Morgan fingerprint density at radius 2 is 2.33 bits per heavy atom. The highest BCUT2D eigenvalue weighted by atomic mass is 35.5. The van der Waals surface area contributed by atoms with Crippen LogP contribution in [0.15, 0.2) is 23.3 Å². The van der Waals surface area contributed by atoms with Crippen LogP contribution in [0.25, 0.3) is 0 Å². The largest absolute Gasteiger partial charge is 0.347 e. The molecule has 0 fully saturated rings. The summed E-state index contributed by atoms with van der Waals surface area (Å²) in [4.78, 5) is 14.7. The minimum absolute atomic E-state index is 0.188. The fourth-order valence-corrected chi connectivity index (χ4v) is 1.12.